The molecule has 0 aromatic heterocycles. The van der Waals surface area contributed by atoms with Crippen molar-refractivity contribution in [2.24, 2.45) is 16.5 Å². The first-order valence-corrected chi connectivity index (χ1v) is 5.35. The lowest BCUT2D eigenvalue weighted by atomic mass is 9.96. The van der Waals surface area contributed by atoms with Crippen molar-refractivity contribution in [2.75, 3.05) is 20.3 Å². The summed E-state index contributed by atoms with van der Waals surface area (Å²) >= 11 is 0. The molecule has 0 amide bonds. The minimum atomic E-state index is -1.33. The van der Waals surface area contributed by atoms with Crippen LogP contribution in [0.5, 0.6) is 0 Å². The lowest BCUT2D eigenvalue weighted by Crippen LogP contribution is -2.51. The number of hydrogen-bond donors (Lipinski definition) is 3. The highest BCUT2D eigenvalue weighted by molar-refractivity contribution is 5.85. The maximum Gasteiger partial charge on any atom is 0.326 e. The van der Waals surface area contributed by atoms with Gasteiger partial charge >= 0.3 is 5.97 Å². The van der Waals surface area contributed by atoms with Crippen molar-refractivity contribution < 1.29 is 14.6 Å². The van der Waals surface area contributed by atoms with E-state index in [0.29, 0.717) is 25.2 Å². The maximum atomic E-state index is 11.0. The van der Waals surface area contributed by atoms with Crippen LogP contribution in [0.15, 0.2) is 17.1 Å². The first kappa shape index (κ1) is 23.3. The lowest BCUT2D eigenvalue weighted by Gasteiger charge is -2.22. The highest BCUT2D eigenvalue weighted by atomic mass is 35.5. The van der Waals surface area contributed by atoms with E-state index in [9.17, 15) is 4.79 Å². The molecule has 0 aromatic rings. The van der Waals surface area contributed by atoms with Gasteiger partial charge in [-0.15, -0.1) is 24.8 Å². The Morgan fingerprint density at radius 1 is 1.42 bits per heavy atom. The van der Waals surface area contributed by atoms with Crippen LogP contribution in [0.4, 0.5) is 0 Å². The van der Waals surface area contributed by atoms with Gasteiger partial charge in [0.1, 0.15) is 5.54 Å². The van der Waals surface area contributed by atoms with Crippen LogP contribution in [0.3, 0.4) is 0 Å². The Kier molecular flexibility index (Phi) is 15.0. The molecule has 8 heteroatoms. The van der Waals surface area contributed by atoms with E-state index in [1.165, 1.54) is 7.11 Å². The fourth-order valence-electron chi connectivity index (χ4n) is 1.23. The van der Waals surface area contributed by atoms with Crippen LogP contribution in [0, 0.1) is 0 Å². The number of rotatable bonds is 8. The molecule has 6 nitrogen and oxygen atoms in total. The number of amidine groups is 1. The Balaban J connectivity index is -0.00000128. The fourth-order valence-corrected chi connectivity index (χ4v) is 1.23. The molecular weight excluding hydrogens is 293 g/mol. The Labute approximate surface area is 126 Å². The average Bonchev–Trinajstić information content (AvgIpc) is 2.23. The monoisotopic (exact) mass is 315 g/mol. The SMILES string of the molecule is COC[C@@](N)(CC/C=C\CN=C(C)N)C(=O)O.Cl.Cl. The number of nitrogens with two attached hydrogens (primary N) is 2. The van der Waals surface area contributed by atoms with Gasteiger partial charge < -0.3 is 21.3 Å². The minimum Gasteiger partial charge on any atom is -0.480 e. The molecule has 0 spiro atoms. The number of methoxy groups -OCH3 is 1. The van der Waals surface area contributed by atoms with Gasteiger partial charge in [-0.2, -0.15) is 0 Å². The van der Waals surface area contributed by atoms with E-state index in [2.05, 4.69) is 4.99 Å². The number of aliphatic imine (C=N–C) groups is 1. The van der Waals surface area contributed by atoms with Crippen LogP contribution in [-0.2, 0) is 9.53 Å². The minimum absolute atomic E-state index is 0. The molecule has 114 valence electrons. The van der Waals surface area contributed by atoms with Crippen molar-refractivity contribution in [3.05, 3.63) is 12.2 Å². The number of aliphatic carboxylic acids is 1. The number of ether oxygens (including phenoxy) is 1. The van der Waals surface area contributed by atoms with E-state index < -0.39 is 11.5 Å². The summed E-state index contributed by atoms with van der Waals surface area (Å²) in [4.78, 5) is 14.9. The molecule has 0 aliphatic rings. The van der Waals surface area contributed by atoms with Crippen molar-refractivity contribution >= 4 is 36.6 Å². The second-order valence-electron chi connectivity index (χ2n) is 3.89. The highest BCUT2D eigenvalue weighted by Crippen LogP contribution is 2.11. The average molecular weight is 316 g/mol. The molecule has 19 heavy (non-hydrogen) atoms. The van der Waals surface area contributed by atoms with E-state index in [0.717, 1.165) is 0 Å². The number of halogens is 2. The molecule has 0 fully saturated rings. The predicted octanol–water partition coefficient (Wildman–Crippen LogP) is 0.972. The summed E-state index contributed by atoms with van der Waals surface area (Å²) < 4.78 is 4.81. The van der Waals surface area contributed by atoms with Gasteiger partial charge in [0.15, 0.2) is 0 Å². The quantitative estimate of drug-likeness (QED) is 0.351. The van der Waals surface area contributed by atoms with Gasteiger partial charge in [-0.25, -0.2) is 0 Å². The number of carboxylic acid groups (broad SMARTS) is 1. The molecule has 1 atom stereocenters. The van der Waals surface area contributed by atoms with E-state index in [1.807, 2.05) is 12.2 Å². The highest BCUT2D eigenvalue weighted by Gasteiger charge is 2.32. The van der Waals surface area contributed by atoms with E-state index in [4.69, 9.17) is 21.3 Å². The lowest BCUT2D eigenvalue weighted by molar-refractivity contribution is -0.145. The molecule has 0 unspecified atom stereocenters. The van der Waals surface area contributed by atoms with Crippen molar-refractivity contribution in [2.45, 2.75) is 25.3 Å². The van der Waals surface area contributed by atoms with E-state index in [-0.39, 0.29) is 31.4 Å². The molecule has 0 rings (SSSR count). The van der Waals surface area contributed by atoms with Gasteiger partial charge in [-0.3, -0.25) is 9.79 Å². The van der Waals surface area contributed by atoms with Gasteiger partial charge in [0.05, 0.1) is 19.0 Å². The summed E-state index contributed by atoms with van der Waals surface area (Å²) in [7, 11) is 1.43. The summed E-state index contributed by atoms with van der Waals surface area (Å²) in [5, 5.41) is 8.97. The smallest absolute Gasteiger partial charge is 0.326 e. The Hall–Kier alpha value is -0.820. The van der Waals surface area contributed by atoms with Crippen molar-refractivity contribution in [3.63, 3.8) is 0 Å². The van der Waals surface area contributed by atoms with Gasteiger partial charge in [-0.1, -0.05) is 12.2 Å². The number of hydrogen-bond acceptors (Lipinski definition) is 4. The third-order valence-electron chi connectivity index (χ3n) is 2.20. The van der Waals surface area contributed by atoms with Crippen LogP contribution in [0.2, 0.25) is 0 Å². The van der Waals surface area contributed by atoms with E-state index in [1.54, 1.807) is 6.92 Å². The maximum absolute atomic E-state index is 11.0. The molecule has 0 saturated heterocycles. The standard InChI is InChI=1S/C11H21N3O3.2ClH/c1-9(12)14-7-5-3-4-6-11(13,8-17-2)10(15)16;;/h3,5H,4,6-8,13H2,1-2H3,(H2,12,14)(H,15,16);2*1H/b5-3-;;/t11-;;/m0../s1. The molecule has 0 aliphatic heterocycles. The summed E-state index contributed by atoms with van der Waals surface area (Å²) in [6, 6.07) is 0. The molecule has 0 aromatic carbocycles. The van der Waals surface area contributed by atoms with E-state index >= 15 is 0 Å². The normalized spacial score (nSPS) is 14.4. The topological polar surface area (TPSA) is 111 Å². The largest absolute Gasteiger partial charge is 0.480 e. The zero-order valence-corrected chi connectivity index (χ0v) is 12.8. The van der Waals surface area contributed by atoms with Crippen LogP contribution >= 0.6 is 24.8 Å². The van der Waals surface area contributed by atoms with Crippen molar-refractivity contribution in [1.82, 2.24) is 0 Å². The van der Waals surface area contributed by atoms with Gasteiger partial charge in [-0.05, 0) is 19.8 Å². The number of carbonyl (C=O) groups is 1. The van der Waals surface area contributed by atoms with Gasteiger partial charge in [0, 0.05) is 7.11 Å². The van der Waals surface area contributed by atoms with Gasteiger partial charge in [0.25, 0.3) is 0 Å². The third-order valence-corrected chi connectivity index (χ3v) is 2.20. The molecule has 0 saturated carbocycles. The number of allylic oxidation sites excluding steroid dienone is 1. The van der Waals surface area contributed by atoms with Crippen LogP contribution in [0.1, 0.15) is 19.8 Å². The summed E-state index contributed by atoms with van der Waals surface area (Å²) in [6.07, 6.45) is 4.54. The second-order valence-corrected chi connectivity index (χ2v) is 3.89. The summed E-state index contributed by atoms with van der Waals surface area (Å²) in [6.45, 7) is 2.20. The molecular formula is C11H23Cl2N3O3. The van der Waals surface area contributed by atoms with Crippen LogP contribution in [0.25, 0.3) is 0 Å². The Morgan fingerprint density at radius 3 is 2.42 bits per heavy atom. The molecule has 0 bridgehead atoms. The zero-order valence-electron chi connectivity index (χ0n) is 11.2. The summed E-state index contributed by atoms with van der Waals surface area (Å²) in [5.41, 5.74) is 9.74. The van der Waals surface area contributed by atoms with Crippen LogP contribution < -0.4 is 11.5 Å². The number of carboxylic acids is 1. The van der Waals surface area contributed by atoms with Crippen molar-refractivity contribution in [1.29, 1.82) is 0 Å². The molecule has 0 heterocycles. The van der Waals surface area contributed by atoms with Crippen molar-refractivity contribution in [3.8, 4) is 0 Å². The Morgan fingerprint density at radius 2 is 2.00 bits per heavy atom. The first-order chi connectivity index (χ1) is 7.92. The predicted molar refractivity (Wildman–Crippen MR) is 81.5 cm³/mol. The van der Waals surface area contributed by atoms with Crippen LogP contribution in [-0.4, -0.2) is 42.7 Å². The first-order valence-electron chi connectivity index (χ1n) is 5.35. The molecule has 5 N–H and O–H groups in total. The second kappa shape index (κ2) is 12.2. The molecule has 0 aliphatic carbocycles. The summed E-state index contributed by atoms with van der Waals surface area (Å²) in [5.74, 6) is -0.531. The molecule has 0 radical (unpaired) electrons. The Bertz CT molecular complexity index is 308. The zero-order chi connectivity index (χ0) is 13.3. The van der Waals surface area contributed by atoms with Gasteiger partial charge in [0.2, 0.25) is 0 Å². The number of nitrogens with zero attached hydrogens (tertiary/aromatic N) is 1. The third kappa shape index (κ3) is 10.8. The fraction of sp³-hybridized carbons (Fsp3) is 0.636.